The number of hydrogen-bond acceptors (Lipinski definition) is 3. The molecule has 2 rings (SSSR count). The lowest BCUT2D eigenvalue weighted by molar-refractivity contribution is 0.410. The van der Waals surface area contributed by atoms with Crippen LogP contribution < -0.4 is 4.74 Å². The van der Waals surface area contributed by atoms with Crippen LogP contribution in [0.1, 0.15) is 37.9 Å². The first kappa shape index (κ1) is 14.7. The fraction of sp³-hybridized carbons (Fsp3) is 0.375. The molecule has 4 heteroatoms. The molecule has 0 aliphatic heterocycles. The molecule has 3 nitrogen and oxygen atoms in total. The summed E-state index contributed by atoms with van der Waals surface area (Å²) in [6.45, 7) is 6.46. The number of benzene rings is 1. The maximum Gasteiger partial charge on any atom is 0.130 e. The van der Waals surface area contributed by atoms with Crippen molar-refractivity contribution in [1.29, 1.82) is 0 Å². The fourth-order valence-corrected chi connectivity index (χ4v) is 2.25. The number of rotatable bonds is 3. The highest BCUT2D eigenvalue weighted by Crippen LogP contribution is 2.23. The van der Waals surface area contributed by atoms with Gasteiger partial charge in [0.15, 0.2) is 0 Å². The van der Waals surface area contributed by atoms with E-state index < -0.39 is 0 Å². The van der Waals surface area contributed by atoms with Gasteiger partial charge < -0.3 is 9.72 Å². The second-order valence-corrected chi connectivity index (χ2v) is 6.24. The summed E-state index contributed by atoms with van der Waals surface area (Å²) in [5, 5.41) is 0. The Hall–Kier alpha value is -1.68. The Morgan fingerprint density at radius 1 is 1.25 bits per heavy atom. The summed E-state index contributed by atoms with van der Waals surface area (Å²) in [5.41, 5.74) is 2.22. The van der Waals surface area contributed by atoms with Gasteiger partial charge in [0.2, 0.25) is 0 Å². The van der Waals surface area contributed by atoms with Gasteiger partial charge in [-0.3, -0.25) is 0 Å². The normalized spacial score (nSPS) is 11.4. The molecule has 1 heterocycles. The first-order chi connectivity index (χ1) is 9.40. The number of nitrogens with one attached hydrogen (secondary N) is 1. The average molecular weight is 288 g/mol. The molecular weight excluding hydrogens is 268 g/mol. The topological polar surface area (TPSA) is 37.9 Å². The van der Waals surface area contributed by atoms with Gasteiger partial charge in [0.25, 0.3) is 0 Å². The largest absolute Gasteiger partial charge is 0.496 e. The summed E-state index contributed by atoms with van der Waals surface area (Å²) in [6, 6.07) is 9.89. The molecular formula is C16H20N2OS. The molecule has 0 bridgehead atoms. The molecule has 1 N–H and O–H groups in total. The van der Waals surface area contributed by atoms with Gasteiger partial charge in [-0.15, -0.1) is 0 Å². The van der Waals surface area contributed by atoms with Gasteiger partial charge >= 0.3 is 0 Å². The maximum atomic E-state index is 5.38. The predicted octanol–water partition coefficient (Wildman–Crippen LogP) is 4.04. The van der Waals surface area contributed by atoms with Crippen molar-refractivity contribution < 1.29 is 4.74 Å². The van der Waals surface area contributed by atoms with Crippen LogP contribution >= 0.6 is 12.2 Å². The van der Waals surface area contributed by atoms with Gasteiger partial charge in [-0.2, -0.15) is 0 Å². The van der Waals surface area contributed by atoms with E-state index in [1.807, 2.05) is 30.3 Å². The molecule has 1 aromatic carbocycles. The Bertz CT molecular complexity index is 656. The van der Waals surface area contributed by atoms with Crippen molar-refractivity contribution in [3.05, 3.63) is 52.1 Å². The molecule has 0 unspecified atom stereocenters. The highest BCUT2D eigenvalue weighted by Gasteiger charge is 2.16. The number of methoxy groups -OCH3 is 1. The van der Waals surface area contributed by atoms with Crippen molar-refractivity contribution in [2.75, 3.05) is 7.11 Å². The smallest absolute Gasteiger partial charge is 0.130 e. The number of para-hydroxylation sites is 1. The average Bonchev–Trinajstić information content (AvgIpc) is 2.37. The standard InChI is InChI=1S/C16H20N2OS/c1-16(2,3)13-10-15(20)18-14(17-13)9-11-7-5-6-8-12(11)19-4/h5-8,10H,9H2,1-4H3,(H,17,18,20). The van der Waals surface area contributed by atoms with E-state index in [-0.39, 0.29) is 5.41 Å². The van der Waals surface area contributed by atoms with Crippen molar-refractivity contribution >= 4 is 12.2 Å². The van der Waals surface area contributed by atoms with E-state index in [1.165, 1.54) is 0 Å². The van der Waals surface area contributed by atoms with Crippen LogP contribution in [0.4, 0.5) is 0 Å². The van der Waals surface area contributed by atoms with Gasteiger partial charge in [-0.25, -0.2) is 4.98 Å². The minimum Gasteiger partial charge on any atom is -0.496 e. The number of H-pyrrole nitrogens is 1. The third-order valence-electron chi connectivity index (χ3n) is 3.15. The molecule has 0 aliphatic carbocycles. The van der Waals surface area contributed by atoms with Crippen LogP contribution in [0.3, 0.4) is 0 Å². The highest BCUT2D eigenvalue weighted by molar-refractivity contribution is 7.71. The van der Waals surface area contributed by atoms with Crippen molar-refractivity contribution in [3.8, 4) is 5.75 Å². The first-order valence-corrected chi connectivity index (χ1v) is 7.03. The summed E-state index contributed by atoms with van der Waals surface area (Å²) >= 11 is 5.27. The number of ether oxygens (including phenoxy) is 1. The van der Waals surface area contributed by atoms with E-state index in [4.69, 9.17) is 17.0 Å². The van der Waals surface area contributed by atoms with Gasteiger partial charge in [-0.1, -0.05) is 51.2 Å². The lowest BCUT2D eigenvalue weighted by atomic mass is 9.92. The molecule has 2 aromatic rings. The summed E-state index contributed by atoms with van der Waals surface area (Å²) in [5.74, 6) is 1.74. The van der Waals surface area contributed by atoms with Crippen LogP contribution in [-0.2, 0) is 11.8 Å². The molecule has 0 aliphatic rings. The zero-order valence-corrected chi connectivity index (χ0v) is 13.2. The van der Waals surface area contributed by atoms with Crippen LogP contribution in [0.2, 0.25) is 0 Å². The third-order valence-corrected chi connectivity index (χ3v) is 3.36. The van der Waals surface area contributed by atoms with Crippen LogP contribution in [0.15, 0.2) is 30.3 Å². The molecule has 0 saturated carbocycles. The van der Waals surface area contributed by atoms with Gasteiger partial charge in [0.05, 0.1) is 7.11 Å². The fourth-order valence-electron chi connectivity index (χ4n) is 2.03. The highest BCUT2D eigenvalue weighted by atomic mass is 32.1. The van der Waals surface area contributed by atoms with E-state index >= 15 is 0 Å². The molecule has 1 aromatic heterocycles. The molecule has 0 radical (unpaired) electrons. The molecule has 0 amide bonds. The van der Waals surface area contributed by atoms with Crippen molar-refractivity contribution in [1.82, 2.24) is 9.97 Å². The zero-order valence-electron chi connectivity index (χ0n) is 12.4. The lowest BCUT2D eigenvalue weighted by Gasteiger charge is -2.19. The molecule has 0 spiro atoms. The van der Waals surface area contributed by atoms with E-state index in [1.54, 1.807) is 7.11 Å². The number of aromatic amines is 1. The summed E-state index contributed by atoms with van der Waals surface area (Å²) in [7, 11) is 1.68. The molecule has 0 saturated heterocycles. The third kappa shape index (κ3) is 3.45. The van der Waals surface area contributed by atoms with Crippen molar-refractivity contribution in [2.24, 2.45) is 0 Å². The van der Waals surface area contributed by atoms with E-state index in [2.05, 4.69) is 30.7 Å². The van der Waals surface area contributed by atoms with Gasteiger partial charge in [0.1, 0.15) is 16.2 Å². The number of hydrogen-bond donors (Lipinski definition) is 1. The molecule has 20 heavy (non-hydrogen) atoms. The minimum absolute atomic E-state index is 0.0199. The van der Waals surface area contributed by atoms with Crippen molar-refractivity contribution in [3.63, 3.8) is 0 Å². The lowest BCUT2D eigenvalue weighted by Crippen LogP contribution is -2.15. The monoisotopic (exact) mass is 288 g/mol. The summed E-state index contributed by atoms with van der Waals surface area (Å²) < 4.78 is 6.00. The first-order valence-electron chi connectivity index (χ1n) is 6.63. The molecule has 0 atom stereocenters. The zero-order chi connectivity index (χ0) is 14.8. The second-order valence-electron chi connectivity index (χ2n) is 5.82. The Morgan fingerprint density at radius 2 is 1.95 bits per heavy atom. The Balaban J connectivity index is 2.39. The predicted molar refractivity (Wildman–Crippen MR) is 83.9 cm³/mol. The molecule has 106 valence electrons. The Morgan fingerprint density at radius 3 is 2.60 bits per heavy atom. The second kappa shape index (κ2) is 5.75. The number of aromatic nitrogens is 2. The van der Waals surface area contributed by atoms with Crippen LogP contribution in [0, 0.1) is 4.64 Å². The molecule has 0 fully saturated rings. The van der Waals surface area contributed by atoms with Crippen LogP contribution in [0.25, 0.3) is 0 Å². The Labute approximate surface area is 125 Å². The van der Waals surface area contributed by atoms with Crippen LogP contribution in [0.5, 0.6) is 5.75 Å². The van der Waals surface area contributed by atoms with Gasteiger partial charge in [-0.05, 0) is 12.1 Å². The Kier molecular flexibility index (Phi) is 4.23. The summed E-state index contributed by atoms with van der Waals surface area (Å²) in [6.07, 6.45) is 0.678. The van der Waals surface area contributed by atoms with E-state index in [9.17, 15) is 0 Å². The number of nitrogens with zero attached hydrogens (tertiary/aromatic N) is 1. The SMILES string of the molecule is COc1ccccc1Cc1nc(=S)cc(C(C)(C)C)[nH]1. The van der Waals surface area contributed by atoms with Crippen molar-refractivity contribution in [2.45, 2.75) is 32.6 Å². The van der Waals surface area contributed by atoms with Gasteiger partial charge in [0, 0.05) is 23.1 Å². The summed E-state index contributed by atoms with van der Waals surface area (Å²) in [4.78, 5) is 7.81. The van der Waals surface area contributed by atoms with E-state index in [0.29, 0.717) is 11.1 Å². The maximum absolute atomic E-state index is 5.38. The van der Waals surface area contributed by atoms with E-state index in [0.717, 1.165) is 22.8 Å². The van der Waals surface area contributed by atoms with Crippen LogP contribution in [-0.4, -0.2) is 17.1 Å². The quantitative estimate of drug-likeness (QED) is 0.866. The minimum atomic E-state index is 0.0199.